The standard InChI is InChI=1S/C48H30N2O/c1-3-13-31(14-4-1)35-26-28-44(47-39-19-9-12-22-46(39)51-48(35)47)50-42-21-11-7-17-36(42)38-25-23-33(30-45(38)50)32-24-27-43-40(29-32)37-18-8-10-20-41(37)49(43)34-15-5-2-6-16-34/h1-30H/i1D,3D,4D,9D,12D,13D,14D,19D,22D,26D,28D. The van der Waals surface area contributed by atoms with Crippen LogP contribution in [0.3, 0.4) is 0 Å². The van der Waals surface area contributed by atoms with Gasteiger partial charge in [0.25, 0.3) is 0 Å². The van der Waals surface area contributed by atoms with E-state index in [4.69, 9.17) is 16.8 Å². The van der Waals surface area contributed by atoms with Crippen LogP contribution < -0.4 is 0 Å². The van der Waals surface area contributed by atoms with Gasteiger partial charge in [0.05, 0.1) is 48.2 Å². The molecule has 11 aromatic rings. The maximum Gasteiger partial charge on any atom is 0.145 e. The van der Waals surface area contributed by atoms with Crippen molar-refractivity contribution < 1.29 is 19.5 Å². The molecule has 0 aliphatic carbocycles. The number of furan rings is 1. The molecule has 0 amide bonds. The highest BCUT2D eigenvalue weighted by Crippen LogP contribution is 2.43. The zero-order valence-corrected chi connectivity index (χ0v) is 26.8. The van der Waals surface area contributed by atoms with E-state index in [9.17, 15) is 2.74 Å². The van der Waals surface area contributed by atoms with Gasteiger partial charge in [-0.1, -0.05) is 121 Å². The molecule has 0 radical (unpaired) electrons. The fourth-order valence-electron chi connectivity index (χ4n) is 7.58. The average molecular weight is 662 g/mol. The highest BCUT2D eigenvalue weighted by Gasteiger charge is 2.21. The van der Waals surface area contributed by atoms with Gasteiger partial charge in [0.15, 0.2) is 0 Å². The molecule has 51 heavy (non-hydrogen) atoms. The van der Waals surface area contributed by atoms with Crippen LogP contribution in [-0.4, -0.2) is 9.13 Å². The van der Waals surface area contributed by atoms with E-state index in [-0.39, 0.29) is 38.8 Å². The third-order valence-electron chi connectivity index (χ3n) is 9.77. The zero-order chi connectivity index (χ0) is 43.0. The van der Waals surface area contributed by atoms with Crippen LogP contribution >= 0.6 is 0 Å². The van der Waals surface area contributed by atoms with Gasteiger partial charge in [-0.25, -0.2) is 0 Å². The predicted molar refractivity (Wildman–Crippen MR) is 213 cm³/mol. The third-order valence-corrected chi connectivity index (χ3v) is 9.77. The molecule has 3 nitrogen and oxygen atoms in total. The molecular weight excluding hydrogens is 621 g/mol. The Morgan fingerprint density at radius 2 is 1.08 bits per heavy atom. The monoisotopic (exact) mass is 661 g/mol. The maximum atomic E-state index is 9.78. The minimum Gasteiger partial charge on any atom is -0.455 e. The Hall–Kier alpha value is -6.84. The summed E-state index contributed by atoms with van der Waals surface area (Å²) in [4.78, 5) is 0. The Labute approximate surface area is 309 Å². The molecule has 8 aromatic carbocycles. The van der Waals surface area contributed by atoms with Crippen LogP contribution in [0.2, 0.25) is 0 Å². The Morgan fingerprint density at radius 3 is 1.92 bits per heavy atom. The summed E-state index contributed by atoms with van der Waals surface area (Å²) in [5, 5.41) is 3.75. The van der Waals surface area contributed by atoms with Gasteiger partial charge in [-0.3, -0.25) is 0 Å². The first-order valence-electron chi connectivity index (χ1n) is 22.0. The molecule has 0 aliphatic rings. The van der Waals surface area contributed by atoms with E-state index in [1.54, 1.807) is 4.57 Å². The lowest BCUT2D eigenvalue weighted by Gasteiger charge is -2.13. The van der Waals surface area contributed by atoms with Crippen LogP contribution in [-0.2, 0) is 0 Å². The summed E-state index contributed by atoms with van der Waals surface area (Å²) in [5.41, 5.74) is 5.14. The molecule has 0 unspecified atom stereocenters. The zero-order valence-electron chi connectivity index (χ0n) is 37.8. The lowest BCUT2D eigenvalue weighted by atomic mass is 10.00. The molecular formula is C48H30N2O. The van der Waals surface area contributed by atoms with Crippen molar-refractivity contribution in [2.45, 2.75) is 0 Å². The van der Waals surface area contributed by atoms with Crippen molar-refractivity contribution in [2.75, 3.05) is 0 Å². The number of fused-ring (bicyclic) bond motifs is 9. The summed E-state index contributed by atoms with van der Waals surface area (Å²) in [7, 11) is 0. The molecule has 0 spiro atoms. The van der Waals surface area contributed by atoms with E-state index in [1.165, 1.54) is 0 Å². The smallest absolute Gasteiger partial charge is 0.145 e. The molecule has 0 saturated heterocycles. The van der Waals surface area contributed by atoms with Gasteiger partial charge in [-0.15, -0.1) is 0 Å². The van der Waals surface area contributed by atoms with Gasteiger partial charge in [-0.05, 0) is 77.3 Å². The minimum atomic E-state index is -0.651. The third kappa shape index (κ3) is 4.12. The molecule has 0 bridgehead atoms. The predicted octanol–water partition coefficient (Wildman–Crippen LogP) is 13.1. The van der Waals surface area contributed by atoms with Gasteiger partial charge in [0, 0.05) is 38.2 Å². The van der Waals surface area contributed by atoms with Crippen molar-refractivity contribution in [1.29, 1.82) is 0 Å². The fourth-order valence-corrected chi connectivity index (χ4v) is 7.58. The van der Waals surface area contributed by atoms with E-state index in [1.807, 2.05) is 72.8 Å². The maximum absolute atomic E-state index is 9.78. The van der Waals surface area contributed by atoms with Crippen molar-refractivity contribution in [3.8, 4) is 33.6 Å². The SMILES string of the molecule is [2H]c1c([2H])c([2H])c(-c2c([2H])c([2H])c(-n3c4ccccc4c4ccc(-c5ccc6c(c5)c5ccccc5n6-c5ccccc5)cc43)c3c2oc2c([2H])c([2H])c([2H])c([2H])c23)c([2H])c1[2H]. The Morgan fingerprint density at radius 1 is 0.431 bits per heavy atom. The Kier molecular flexibility index (Phi) is 4.11. The van der Waals surface area contributed by atoms with Crippen molar-refractivity contribution in [1.82, 2.24) is 9.13 Å². The molecule has 3 heterocycles. The molecule has 0 N–H and O–H groups in total. The van der Waals surface area contributed by atoms with Crippen LogP contribution in [0.15, 0.2) is 186 Å². The molecule has 11 rings (SSSR count). The molecule has 0 saturated carbocycles. The molecule has 0 fully saturated rings. The first-order chi connectivity index (χ1) is 29.9. The highest BCUT2D eigenvalue weighted by molar-refractivity contribution is 6.17. The minimum absolute atomic E-state index is 0.0398. The number of benzene rings is 8. The number of para-hydroxylation sites is 4. The number of hydrogen-bond acceptors (Lipinski definition) is 1. The van der Waals surface area contributed by atoms with Crippen LogP contribution in [0.1, 0.15) is 15.1 Å². The van der Waals surface area contributed by atoms with Gasteiger partial charge in [0.1, 0.15) is 11.2 Å². The van der Waals surface area contributed by atoms with E-state index in [0.29, 0.717) is 11.0 Å². The summed E-state index contributed by atoms with van der Waals surface area (Å²) in [6.07, 6.45) is 0. The molecule has 0 atom stereocenters. The first-order valence-corrected chi connectivity index (χ1v) is 16.5. The van der Waals surface area contributed by atoms with Crippen molar-refractivity contribution in [3.05, 3.63) is 182 Å². The lowest BCUT2D eigenvalue weighted by Crippen LogP contribution is -1.96. The van der Waals surface area contributed by atoms with Crippen molar-refractivity contribution >= 4 is 65.6 Å². The topological polar surface area (TPSA) is 23.0 Å². The quantitative estimate of drug-likeness (QED) is 0.184. The molecule has 0 aliphatic heterocycles. The van der Waals surface area contributed by atoms with Crippen molar-refractivity contribution in [2.24, 2.45) is 0 Å². The van der Waals surface area contributed by atoms with Gasteiger partial charge in [-0.2, -0.15) is 0 Å². The molecule has 3 aromatic heterocycles. The van der Waals surface area contributed by atoms with Crippen LogP contribution in [0.4, 0.5) is 0 Å². The largest absolute Gasteiger partial charge is 0.455 e. The summed E-state index contributed by atoms with van der Waals surface area (Å²) in [6.45, 7) is 0. The van der Waals surface area contributed by atoms with Crippen LogP contribution in [0.25, 0.3) is 99.2 Å². The van der Waals surface area contributed by atoms with E-state index in [0.717, 1.165) is 49.4 Å². The van der Waals surface area contributed by atoms with E-state index >= 15 is 0 Å². The Balaban J connectivity index is 1.26. The second kappa shape index (κ2) is 10.8. The normalized spacial score (nSPS) is 14.9. The summed E-state index contributed by atoms with van der Waals surface area (Å²) in [5.74, 6) is 0. The highest BCUT2D eigenvalue weighted by atomic mass is 16.3. The summed E-state index contributed by atoms with van der Waals surface area (Å²) < 4.78 is 108. The number of nitrogens with zero attached hydrogens (tertiary/aromatic N) is 2. The fraction of sp³-hybridized carbons (Fsp3) is 0. The van der Waals surface area contributed by atoms with E-state index in [2.05, 4.69) is 47.0 Å². The van der Waals surface area contributed by atoms with Crippen molar-refractivity contribution in [3.63, 3.8) is 0 Å². The average Bonchev–Trinajstić information content (AvgIpc) is 3.96. The molecule has 238 valence electrons. The summed E-state index contributed by atoms with van der Waals surface area (Å²) in [6, 6.07) is 32.2. The second-order valence-corrected chi connectivity index (χ2v) is 12.5. The lowest BCUT2D eigenvalue weighted by molar-refractivity contribution is 0.670. The number of rotatable bonds is 4. The molecule has 3 heteroatoms. The van der Waals surface area contributed by atoms with Gasteiger partial charge in [0.2, 0.25) is 0 Å². The van der Waals surface area contributed by atoms with Crippen LogP contribution in [0, 0.1) is 0 Å². The van der Waals surface area contributed by atoms with Gasteiger partial charge < -0.3 is 13.6 Å². The first kappa shape index (κ1) is 19.4. The Bertz CT molecular complexity index is 3750. The van der Waals surface area contributed by atoms with Gasteiger partial charge >= 0.3 is 0 Å². The second-order valence-electron chi connectivity index (χ2n) is 12.5. The number of aromatic nitrogens is 2. The van der Waals surface area contributed by atoms with E-state index < -0.39 is 66.5 Å². The van der Waals surface area contributed by atoms with Crippen LogP contribution in [0.5, 0.6) is 0 Å². The number of hydrogen-bond donors (Lipinski definition) is 0. The summed E-state index contributed by atoms with van der Waals surface area (Å²) >= 11 is 0.